The number of thiocarbonyl (C=S) groups is 1. The molecule has 0 saturated carbocycles. The van der Waals surface area contributed by atoms with Crippen LogP contribution in [0.3, 0.4) is 0 Å². The number of thioether (sulfide) groups is 1. The van der Waals surface area contributed by atoms with E-state index in [-0.39, 0.29) is 5.91 Å². The van der Waals surface area contributed by atoms with Gasteiger partial charge in [0.05, 0.1) is 11.6 Å². The normalized spacial score (nSPS) is 15.4. The predicted octanol–water partition coefficient (Wildman–Crippen LogP) is 6.87. The van der Waals surface area contributed by atoms with Crippen molar-refractivity contribution in [2.75, 3.05) is 12.0 Å². The van der Waals surface area contributed by atoms with E-state index >= 15 is 0 Å². The van der Waals surface area contributed by atoms with Gasteiger partial charge in [-0.25, -0.2) is 0 Å². The fourth-order valence-corrected chi connectivity index (χ4v) is 5.31. The lowest BCUT2D eigenvalue weighted by molar-refractivity contribution is -0.121. The number of amides is 1. The van der Waals surface area contributed by atoms with E-state index in [1.165, 1.54) is 15.3 Å². The van der Waals surface area contributed by atoms with Gasteiger partial charge in [0.2, 0.25) is 0 Å². The topological polar surface area (TPSA) is 32.3 Å². The molecule has 1 heterocycles. The summed E-state index contributed by atoms with van der Waals surface area (Å²) in [5.41, 5.74) is 2.01. The number of carbonyl (C=O) groups excluding carboxylic acids is 1. The molecule has 5 rings (SSSR count). The van der Waals surface area contributed by atoms with Gasteiger partial charge in [0.25, 0.3) is 5.91 Å². The Hall–Kier alpha value is -2.42. The Balaban J connectivity index is 1.49. The fraction of sp³-hybridized carbons (Fsp3) is 0.0400. The van der Waals surface area contributed by atoms with Crippen LogP contribution in [0.15, 0.2) is 83.8 Å². The molecular formula is C25H17IN2OS2. The molecule has 0 radical (unpaired) electrons. The van der Waals surface area contributed by atoms with Crippen LogP contribution in [0.1, 0.15) is 5.56 Å². The number of hydrogen-bond acceptors (Lipinski definition) is 4. The second-order valence-electron chi connectivity index (χ2n) is 7.18. The Morgan fingerprint density at radius 1 is 0.935 bits per heavy atom. The molecular weight excluding hydrogens is 535 g/mol. The number of nitrogens with one attached hydrogen (secondary N) is 1. The van der Waals surface area contributed by atoms with Crippen LogP contribution in [0.4, 0.5) is 5.69 Å². The van der Waals surface area contributed by atoms with Crippen molar-refractivity contribution in [1.82, 2.24) is 4.90 Å². The molecule has 0 aromatic heterocycles. The summed E-state index contributed by atoms with van der Waals surface area (Å²) in [5, 5.41) is 7.86. The quantitative estimate of drug-likeness (QED) is 0.130. The standard InChI is InChI=1S/C25H17IN2OS2/c26-18-9-11-19(12-10-18)27-15-28-24(29)23(31-25(28)30)14-22-20-7-3-1-5-16(20)13-17-6-2-4-8-21(17)22/h1-14,27H,15H2/b23-14-. The minimum atomic E-state index is -0.0648. The Morgan fingerprint density at radius 2 is 1.55 bits per heavy atom. The lowest BCUT2D eigenvalue weighted by Crippen LogP contribution is -2.33. The molecule has 1 aliphatic heterocycles. The summed E-state index contributed by atoms with van der Waals surface area (Å²) in [6, 6.07) is 26.8. The van der Waals surface area contributed by atoms with E-state index in [0.29, 0.717) is 15.9 Å². The summed E-state index contributed by atoms with van der Waals surface area (Å²) in [7, 11) is 0. The van der Waals surface area contributed by atoms with Crippen molar-refractivity contribution in [3.8, 4) is 0 Å². The van der Waals surface area contributed by atoms with Gasteiger partial charge in [0.1, 0.15) is 4.32 Å². The van der Waals surface area contributed by atoms with Gasteiger partial charge in [0, 0.05) is 9.26 Å². The van der Waals surface area contributed by atoms with E-state index < -0.39 is 0 Å². The first-order chi connectivity index (χ1) is 15.1. The second kappa shape index (κ2) is 8.61. The van der Waals surface area contributed by atoms with Crippen LogP contribution in [0, 0.1) is 3.57 Å². The van der Waals surface area contributed by atoms with Crippen molar-refractivity contribution in [3.63, 3.8) is 0 Å². The van der Waals surface area contributed by atoms with Gasteiger partial charge in [-0.2, -0.15) is 0 Å². The molecule has 1 saturated heterocycles. The molecule has 1 N–H and O–H groups in total. The Labute approximate surface area is 203 Å². The maximum atomic E-state index is 13.2. The number of carbonyl (C=O) groups is 1. The van der Waals surface area contributed by atoms with Crippen LogP contribution < -0.4 is 5.32 Å². The molecule has 4 aromatic carbocycles. The van der Waals surface area contributed by atoms with E-state index in [4.69, 9.17) is 12.2 Å². The third-order valence-corrected chi connectivity index (χ3v) is 7.34. The zero-order chi connectivity index (χ0) is 21.4. The van der Waals surface area contributed by atoms with E-state index in [9.17, 15) is 4.79 Å². The van der Waals surface area contributed by atoms with Crippen molar-refractivity contribution in [3.05, 3.63) is 92.9 Å². The minimum Gasteiger partial charge on any atom is -0.367 e. The zero-order valence-corrected chi connectivity index (χ0v) is 20.1. The van der Waals surface area contributed by atoms with Crippen molar-refractivity contribution < 1.29 is 4.79 Å². The first kappa shape index (κ1) is 20.5. The molecule has 0 spiro atoms. The summed E-state index contributed by atoms with van der Waals surface area (Å²) >= 11 is 9.15. The van der Waals surface area contributed by atoms with Crippen LogP contribution in [0.25, 0.3) is 27.6 Å². The van der Waals surface area contributed by atoms with Crippen LogP contribution in [-0.2, 0) is 4.79 Å². The summed E-state index contributed by atoms with van der Waals surface area (Å²) in [6.45, 7) is 0.346. The van der Waals surface area contributed by atoms with E-state index in [1.807, 2.05) is 54.6 Å². The molecule has 3 nitrogen and oxygen atoms in total. The molecule has 1 amide bonds. The highest BCUT2D eigenvalue weighted by Gasteiger charge is 2.32. The maximum Gasteiger partial charge on any atom is 0.267 e. The number of anilines is 1. The van der Waals surface area contributed by atoms with Gasteiger partial charge in [-0.3, -0.25) is 9.69 Å². The summed E-state index contributed by atoms with van der Waals surface area (Å²) in [6.07, 6.45) is 1.99. The number of hydrogen-bond donors (Lipinski definition) is 1. The van der Waals surface area contributed by atoms with Gasteiger partial charge in [-0.15, -0.1) is 0 Å². The van der Waals surface area contributed by atoms with Gasteiger partial charge in [-0.1, -0.05) is 72.5 Å². The van der Waals surface area contributed by atoms with Crippen LogP contribution >= 0.6 is 46.6 Å². The van der Waals surface area contributed by atoms with Crippen molar-refractivity contribution in [1.29, 1.82) is 0 Å². The molecule has 0 aliphatic carbocycles. The molecule has 0 bridgehead atoms. The van der Waals surface area contributed by atoms with E-state index in [2.05, 4.69) is 58.2 Å². The van der Waals surface area contributed by atoms with Gasteiger partial charge < -0.3 is 5.32 Å². The molecule has 0 unspecified atom stereocenters. The SMILES string of the molecule is O=C1/C(=C/c2c3ccccc3cc3ccccc23)SC(=S)N1CNc1ccc(I)cc1. The second-order valence-corrected chi connectivity index (χ2v) is 10.1. The van der Waals surface area contributed by atoms with E-state index in [1.54, 1.807) is 4.90 Å². The molecule has 6 heteroatoms. The predicted molar refractivity (Wildman–Crippen MR) is 144 cm³/mol. The lowest BCUT2D eigenvalue weighted by atomic mass is 9.96. The lowest BCUT2D eigenvalue weighted by Gasteiger charge is -2.16. The van der Waals surface area contributed by atoms with Crippen molar-refractivity contribution >= 4 is 90.1 Å². The average molecular weight is 552 g/mol. The monoisotopic (exact) mass is 552 g/mol. The highest BCUT2D eigenvalue weighted by molar-refractivity contribution is 14.1. The zero-order valence-electron chi connectivity index (χ0n) is 16.3. The number of nitrogens with zero attached hydrogens (tertiary/aromatic N) is 1. The third-order valence-electron chi connectivity index (χ3n) is 5.25. The van der Waals surface area contributed by atoms with Gasteiger partial charge in [0.15, 0.2) is 0 Å². The summed E-state index contributed by atoms with van der Waals surface area (Å²) in [5.74, 6) is -0.0648. The Morgan fingerprint density at radius 3 is 2.19 bits per heavy atom. The van der Waals surface area contributed by atoms with Gasteiger partial charge >= 0.3 is 0 Å². The number of halogens is 1. The largest absolute Gasteiger partial charge is 0.367 e. The number of benzene rings is 4. The van der Waals surface area contributed by atoms with Gasteiger partial charge in [-0.05, 0) is 86.1 Å². The van der Waals surface area contributed by atoms with Crippen molar-refractivity contribution in [2.45, 2.75) is 0 Å². The number of fused-ring (bicyclic) bond motifs is 2. The first-order valence-corrected chi connectivity index (χ1v) is 12.1. The highest BCUT2D eigenvalue weighted by atomic mass is 127. The fourth-order valence-electron chi connectivity index (χ4n) is 3.71. The maximum absolute atomic E-state index is 13.2. The van der Waals surface area contributed by atoms with Crippen LogP contribution in [0.2, 0.25) is 0 Å². The van der Waals surface area contributed by atoms with Crippen LogP contribution in [-0.4, -0.2) is 21.8 Å². The summed E-state index contributed by atoms with van der Waals surface area (Å²) in [4.78, 5) is 15.4. The molecule has 31 heavy (non-hydrogen) atoms. The number of rotatable bonds is 4. The Kier molecular flexibility index (Phi) is 5.69. The summed E-state index contributed by atoms with van der Waals surface area (Å²) < 4.78 is 1.73. The molecule has 152 valence electrons. The van der Waals surface area contributed by atoms with Crippen molar-refractivity contribution in [2.24, 2.45) is 0 Å². The highest BCUT2D eigenvalue weighted by Crippen LogP contribution is 2.36. The molecule has 4 aromatic rings. The van der Waals surface area contributed by atoms with E-state index in [0.717, 1.165) is 32.8 Å². The molecule has 1 fully saturated rings. The molecule has 1 aliphatic rings. The van der Waals surface area contributed by atoms with Crippen LogP contribution in [0.5, 0.6) is 0 Å². The smallest absolute Gasteiger partial charge is 0.267 e. The Bertz CT molecular complexity index is 1310. The third kappa shape index (κ3) is 4.07. The first-order valence-electron chi connectivity index (χ1n) is 9.75. The molecule has 0 atom stereocenters. The minimum absolute atomic E-state index is 0.0648. The average Bonchev–Trinajstić information content (AvgIpc) is 3.05.